The van der Waals surface area contributed by atoms with Crippen molar-refractivity contribution in [1.29, 1.82) is 0 Å². The third kappa shape index (κ3) is 15.0. The first-order chi connectivity index (χ1) is 36.3. The van der Waals surface area contributed by atoms with Crippen LogP contribution in [0.25, 0.3) is 0 Å². The standard InChI is InChI=1S/C59H98FN5O12/c1-15-48-59(11,71)53(67)37(4)28-35(2)18-16-19-36(3)31-57(9,70)55(39(6)51(40(7)56(69)76-48)47-32-58(10,73-14)54(68)41(8)75-47)77-50-30-45(29-38(5)74-50)63(12)27-25-43-34-65(62-61-43)46(33-60)52(72-13)42-21-23-44(24-22-42)64-26-17-20-49(64)66/h21-24,34-41,45-48,50-55,67-68,70-71H,15-20,25-33H2,1-14H3/t35?,36-,37-,38+,39-,40+,41-,45-,46+,47?,48+,50-,51-,52+,53+,54-,55+,57+,58+,59+/m0/s1. The molecule has 77 heavy (non-hydrogen) atoms. The molecule has 18 heteroatoms. The van der Waals surface area contributed by atoms with E-state index in [1.807, 2.05) is 65.8 Å². The van der Waals surface area contributed by atoms with Crippen molar-refractivity contribution in [2.45, 2.75) is 237 Å². The number of esters is 1. The van der Waals surface area contributed by atoms with Gasteiger partial charge in [-0.1, -0.05) is 78.2 Å². The van der Waals surface area contributed by atoms with Gasteiger partial charge in [0.15, 0.2) is 6.29 Å². The summed E-state index contributed by atoms with van der Waals surface area (Å²) in [5.41, 5.74) is -1.93. The number of carbonyl (C=O) groups is 2. The Kier molecular flexibility index (Phi) is 22.2. The van der Waals surface area contributed by atoms with E-state index in [2.05, 4.69) is 36.1 Å². The number of amides is 1. The SMILES string of the molecule is CC[C@H]1OC(=O)[C@H](C)[C@@H](C2C[C@@](C)(OC)[C@@H](O)[C@H](C)O2)[C@H](C)[C@@H](O[C@H]2C[C@@H](N(C)CCc3cn([C@H](CF)[C@H](OC)c4ccc(N5CCCC5=O)cc4)nn3)C[C@@H](C)O2)[C@](C)(O)C[C@@H](C)CCCC(C)C[C@H](C)[C@@H](O)[C@]1(C)O. The zero-order valence-electron chi connectivity index (χ0n) is 49.0. The van der Waals surface area contributed by atoms with E-state index in [0.717, 1.165) is 36.9 Å². The van der Waals surface area contributed by atoms with Crippen LogP contribution in [0.3, 0.4) is 0 Å². The fourth-order valence-electron chi connectivity index (χ4n) is 13.7. The fraction of sp³-hybridized carbons (Fsp3) is 0.831. The van der Waals surface area contributed by atoms with Gasteiger partial charge in [0.2, 0.25) is 5.91 Å². The van der Waals surface area contributed by atoms with Crippen molar-refractivity contribution in [3.63, 3.8) is 0 Å². The van der Waals surface area contributed by atoms with E-state index in [4.69, 9.17) is 28.4 Å². The molecule has 0 spiro atoms. The number of anilines is 1. The summed E-state index contributed by atoms with van der Waals surface area (Å²) in [4.78, 5) is 31.2. The smallest absolute Gasteiger partial charge is 0.309 e. The van der Waals surface area contributed by atoms with Crippen LogP contribution < -0.4 is 4.90 Å². The first-order valence-corrected chi connectivity index (χ1v) is 28.9. The van der Waals surface area contributed by atoms with Gasteiger partial charge >= 0.3 is 5.97 Å². The maximum absolute atomic E-state index is 14.9. The number of nitrogens with zero attached hydrogens (tertiary/aromatic N) is 5. The second-order valence-corrected chi connectivity index (χ2v) is 24.8. The summed E-state index contributed by atoms with van der Waals surface area (Å²) in [5, 5.41) is 56.9. The molecule has 1 aromatic heterocycles. The van der Waals surface area contributed by atoms with Gasteiger partial charge in [-0.15, -0.1) is 5.10 Å². The van der Waals surface area contributed by atoms with E-state index in [0.29, 0.717) is 57.3 Å². The monoisotopic (exact) mass is 1090 g/mol. The molecule has 17 nitrogen and oxygen atoms in total. The highest BCUT2D eigenvalue weighted by atomic mass is 19.1. The molecule has 6 rings (SSSR count). The van der Waals surface area contributed by atoms with Crippen molar-refractivity contribution >= 4 is 17.6 Å². The molecule has 2 unspecified atom stereocenters. The second-order valence-electron chi connectivity index (χ2n) is 24.8. The van der Waals surface area contributed by atoms with Gasteiger partial charge in [0.05, 0.1) is 53.3 Å². The summed E-state index contributed by atoms with van der Waals surface area (Å²) in [6, 6.07) is 6.73. The molecule has 2 aromatic rings. The zero-order chi connectivity index (χ0) is 56.7. The second kappa shape index (κ2) is 27.1. The fourth-order valence-corrected chi connectivity index (χ4v) is 13.7. The van der Waals surface area contributed by atoms with Crippen molar-refractivity contribution in [1.82, 2.24) is 19.9 Å². The van der Waals surface area contributed by atoms with Crippen LogP contribution >= 0.6 is 0 Å². The minimum absolute atomic E-state index is 0.00224. The van der Waals surface area contributed by atoms with E-state index < -0.39 is 102 Å². The number of methoxy groups -OCH3 is 2. The lowest BCUT2D eigenvalue weighted by Crippen LogP contribution is -2.61. The van der Waals surface area contributed by atoms with Crippen LogP contribution in [0.4, 0.5) is 10.1 Å². The Hall–Kier alpha value is -3.17. The van der Waals surface area contributed by atoms with Gasteiger partial charge in [-0.2, -0.15) is 0 Å². The lowest BCUT2D eigenvalue weighted by atomic mass is 9.68. The summed E-state index contributed by atoms with van der Waals surface area (Å²) in [6.07, 6.45) is 2.13. The number of ether oxygens (including phenoxy) is 6. The summed E-state index contributed by atoms with van der Waals surface area (Å²) in [6.45, 7) is 21.4. The first kappa shape index (κ1) is 63.0. The van der Waals surface area contributed by atoms with Gasteiger partial charge < -0.3 is 58.6 Å². The largest absolute Gasteiger partial charge is 0.459 e. The predicted molar refractivity (Wildman–Crippen MR) is 292 cm³/mol. The number of halogens is 1. The number of aliphatic hydroxyl groups is 4. The Morgan fingerprint density at radius 2 is 1.60 bits per heavy atom. The number of aliphatic hydroxyl groups excluding tert-OH is 2. The Bertz CT molecular complexity index is 2170. The van der Waals surface area contributed by atoms with E-state index in [9.17, 15) is 34.4 Å². The van der Waals surface area contributed by atoms with Crippen LogP contribution in [0.1, 0.15) is 170 Å². The molecule has 1 amide bonds. The topological polar surface area (TPSA) is 208 Å². The lowest BCUT2D eigenvalue weighted by molar-refractivity contribution is -0.275. The number of likely N-dealkylation sites (N-methyl/N-ethyl adjacent to an activating group) is 1. The molecule has 0 aliphatic carbocycles. The quantitative estimate of drug-likeness (QED) is 0.125. The van der Waals surface area contributed by atoms with Gasteiger partial charge in [0, 0.05) is 76.8 Å². The van der Waals surface area contributed by atoms with Crippen LogP contribution in [0.5, 0.6) is 0 Å². The lowest BCUT2D eigenvalue weighted by Gasteiger charge is -2.51. The van der Waals surface area contributed by atoms with E-state index in [-0.39, 0.29) is 48.6 Å². The Morgan fingerprint density at radius 3 is 2.22 bits per heavy atom. The molecule has 0 saturated carbocycles. The molecule has 20 atom stereocenters. The molecule has 4 aliphatic rings. The molecule has 4 saturated heterocycles. The van der Waals surface area contributed by atoms with Crippen molar-refractivity contribution in [2.75, 3.05) is 45.9 Å². The van der Waals surface area contributed by atoms with E-state index in [1.165, 1.54) is 4.68 Å². The molecule has 4 aliphatic heterocycles. The Labute approximate surface area is 459 Å². The van der Waals surface area contributed by atoms with Gasteiger partial charge in [-0.3, -0.25) is 9.59 Å². The van der Waals surface area contributed by atoms with Gasteiger partial charge in [0.25, 0.3) is 0 Å². The highest BCUT2D eigenvalue weighted by molar-refractivity contribution is 5.95. The number of rotatable bonds is 15. The summed E-state index contributed by atoms with van der Waals surface area (Å²) < 4.78 is 55.1. The molecule has 5 heterocycles. The zero-order valence-corrected chi connectivity index (χ0v) is 49.0. The van der Waals surface area contributed by atoms with Crippen LogP contribution in [-0.4, -0.2) is 165 Å². The van der Waals surface area contributed by atoms with Crippen molar-refractivity contribution in [3.05, 3.63) is 41.7 Å². The molecule has 4 fully saturated rings. The van der Waals surface area contributed by atoms with E-state index >= 15 is 0 Å². The number of benzene rings is 1. The maximum atomic E-state index is 14.9. The Morgan fingerprint density at radius 1 is 0.909 bits per heavy atom. The van der Waals surface area contributed by atoms with Crippen molar-refractivity contribution < 1.29 is 62.8 Å². The molecular weight excluding hydrogens is 990 g/mol. The number of aromatic nitrogens is 3. The van der Waals surface area contributed by atoms with Gasteiger partial charge in [0.1, 0.15) is 36.6 Å². The summed E-state index contributed by atoms with van der Waals surface area (Å²) in [7, 11) is 5.16. The third-order valence-corrected chi connectivity index (χ3v) is 18.3. The molecule has 0 bridgehead atoms. The average Bonchev–Trinajstić information content (AvgIpc) is 4.05. The van der Waals surface area contributed by atoms with Crippen LogP contribution in [0, 0.1) is 35.5 Å². The third-order valence-electron chi connectivity index (χ3n) is 18.3. The average molecular weight is 1090 g/mol. The first-order valence-electron chi connectivity index (χ1n) is 28.9. The van der Waals surface area contributed by atoms with Crippen molar-refractivity contribution in [3.8, 4) is 0 Å². The summed E-state index contributed by atoms with van der Waals surface area (Å²) >= 11 is 0. The van der Waals surface area contributed by atoms with Crippen LogP contribution in [0.15, 0.2) is 30.5 Å². The van der Waals surface area contributed by atoms with Gasteiger partial charge in [-0.05, 0) is 115 Å². The van der Waals surface area contributed by atoms with Crippen LogP contribution in [0.2, 0.25) is 0 Å². The minimum Gasteiger partial charge on any atom is -0.459 e. The number of alkyl halides is 1. The normalized spacial score (nSPS) is 39.5. The summed E-state index contributed by atoms with van der Waals surface area (Å²) in [5.74, 6) is -2.53. The van der Waals surface area contributed by atoms with Crippen LogP contribution in [-0.2, 0) is 44.4 Å². The van der Waals surface area contributed by atoms with Gasteiger partial charge in [-0.25, -0.2) is 9.07 Å². The number of hydrogen-bond acceptors (Lipinski definition) is 15. The highest BCUT2D eigenvalue weighted by Gasteiger charge is 2.54. The minimum atomic E-state index is -1.75. The number of hydrogen-bond donors (Lipinski definition) is 4. The highest BCUT2D eigenvalue weighted by Crippen LogP contribution is 2.45. The maximum Gasteiger partial charge on any atom is 0.309 e. The van der Waals surface area contributed by atoms with Crippen molar-refractivity contribution in [2.24, 2.45) is 35.5 Å². The molecule has 438 valence electrons. The molecule has 4 N–H and O–H groups in total. The Balaban J connectivity index is 1.24. The molecule has 0 radical (unpaired) electrons. The molecule has 1 aromatic carbocycles. The number of cyclic esters (lactones) is 1. The van der Waals surface area contributed by atoms with E-state index in [1.54, 1.807) is 46.1 Å². The number of carbonyl (C=O) groups excluding carboxylic acids is 2. The predicted octanol–water partition coefficient (Wildman–Crippen LogP) is 7.95. The molecular formula is C59H98FN5O12.